The number of hydrogen-bond acceptors (Lipinski definition) is 14. The van der Waals surface area contributed by atoms with E-state index in [0.717, 1.165) is 19.3 Å². The summed E-state index contributed by atoms with van der Waals surface area (Å²) in [4.78, 5) is 23.3. The number of aliphatic hydroxyl groups is 3. The van der Waals surface area contributed by atoms with E-state index in [4.69, 9.17) is 43.6 Å². The number of amides is 3. The van der Waals surface area contributed by atoms with Gasteiger partial charge in [-0.3, -0.25) is 4.79 Å². The number of nitrogens with two attached hydrogens (primary N) is 1. The molecule has 0 aliphatic carbocycles. The minimum absolute atomic E-state index is 0.298. The first-order chi connectivity index (χ1) is 22.9. The highest BCUT2D eigenvalue weighted by Crippen LogP contribution is 2.25. The molecule has 0 aromatic heterocycles. The maximum absolute atomic E-state index is 11.8. The Morgan fingerprint density at radius 3 is 1.57 bits per heavy atom. The van der Waals surface area contributed by atoms with E-state index < -0.39 is 37.1 Å². The minimum Gasteiger partial charge on any atom is -0.394 e. The Kier molecular flexibility index (Phi) is 27.9. The van der Waals surface area contributed by atoms with Crippen molar-refractivity contribution in [1.82, 2.24) is 16.0 Å². The Balaban J connectivity index is 1.84. The van der Waals surface area contributed by atoms with Crippen LogP contribution in [-0.4, -0.2) is 176 Å². The fourth-order valence-electron chi connectivity index (χ4n) is 4.50. The molecule has 0 spiro atoms. The van der Waals surface area contributed by atoms with Crippen LogP contribution in [0.25, 0.3) is 0 Å². The van der Waals surface area contributed by atoms with Crippen molar-refractivity contribution in [2.75, 3.05) is 119 Å². The molecule has 17 heteroatoms. The number of nitrogens with one attached hydrogen (secondary N) is 3. The van der Waals surface area contributed by atoms with E-state index >= 15 is 0 Å². The van der Waals surface area contributed by atoms with E-state index in [2.05, 4.69) is 16.0 Å². The predicted octanol–water partition coefficient (Wildman–Crippen LogP) is -2.09. The van der Waals surface area contributed by atoms with Gasteiger partial charge in [0.1, 0.15) is 18.3 Å². The Morgan fingerprint density at radius 1 is 0.638 bits per heavy atom. The third-order valence-corrected chi connectivity index (χ3v) is 6.86. The summed E-state index contributed by atoms with van der Waals surface area (Å²) >= 11 is 0. The van der Waals surface area contributed by atoms with Crippen molar-refractivity contribution in [1.29, 1.82) is 0 Å². The molecule has 1 heterocycles. The monoisotopic (exact) mass is 684 g/mol. The first-order valence-corrected chi connectivity index (χ1v) is 16.6. The molecule has 5 atom stereocenters. The Bertz CT molecular complexity index is 759. The van der Waals surface area contributed by atoms with E-state index in [1.807, 2.05) is 0 Å². The highest BCUT2D eigenvalue weighted by molar-refractivity contribution is 5.73. The van der Waals surface area contributed by atoms with Gasteiger partial charge in [0, 0.05) is 33.2 Å². The van der Waals surface area contributed by atoms with E-state index in [1.165, 1.54) is 6.92 Å². The molecule has 0 saturated carbocycles. The third-order valence-electron chi connectivity index (χ3n) is 6.86. The summed E-state index contributed by atoms with van der Waals surface area (Å²) in [7, 11) is 0. The van der Waals surface area contributed by atoms with Gasteiger partial charge in [-0.05, 0) is 12.8 Å². The Hall–Kier alpha value is -1.74. The lowest BCUT2D eigenvalue weighted by Crippen LogP contribution is -2.63. The number of carbonyl (C=O) groups excluding carboxylic acids is 2. The maximum Gasteiger partial charge on any atom is 0.314 e. The lowest BCUT2D eigenvalue weighted by molar-refractivity contribution is -0.196. The van der Waals surface area contributed by atoms with Crippen molar-refractivity contribution in [3.8, 4) is 0 Å². The summed E-state index contributed by atoms with van der Waals surface area (Å²) in [6.45, 7) is 8.65. The zero-order chi connectivity index (χ0) is 34.4. The van der Waals surface area contributed by atoms with E-state index in [0.29, 0.717) is 119 Å². The van der Waals surface area contributed by atoms with Crippen molar-refractivity contribution in [2.45, 2.75) is 63.1 Å². The maximum atomic E-state index is 11.8. The first kappa shape index (κ1) is 43.3. The zero-order valence-electron chi connectivity index (χ0n) is 27.9. The number of carbonyl (C=O) groups is 2. The molecule has 0 bridgehead atoms. The molecule has 1 aliphatic rings. The molecule has 3 amide bonds. The van der Waals surface area contributed by atoms with Crippen LogP contribution in [0.5, 0.6) is 0 Å². The summed E-state index contributed by atoms with van der Waals surface area (Å²) in [6.07, 6.45) is -0.920. The molecule has 1 aliphatic heterocycles. The number of hydrogen-bond donors (Lipinski definition) is 7. The SMILES string of the molecule is CC(=O)N[C@@H]1[C@@H](O)[C@@H](O)[C@@H](CO)O[C@@H]1CCCCCOCCOCCNC(=O)NCCOCCOCCOCCOCCOCCN. The molecule has 8 N–H and O–H groups in total. The van der Waals surface area contributed by atoms with Crippen molar-refractivity contribution in [2.24, 2.45) is 5.73 Å². The second-order valence-electron chi connectivity index (χ2n) is 10.7. The quantitative estimate of drug-likeness (QED) is 0.0389. The Labute approximate surface area is 278 Å². The fourth-order valence-corrected chi connectivity index (χ4v) is 4.50. The largest absolute Gasteiger partial charge is 0.394 e. The average Bonchev–Trinajstić information content (AvgIpc) is 3.05. The molecular formula is C30H60N4O13. The van der Waals surface area contributed by atoms with Gasteiger partial charge in [0.2, 0.25) is 5.91 Å². The van der Waals surface area contributed by atoms with Gasteiger partial charge in [-0.2, -0.15) is 0 Å². The molecular weight excluding hydrogens is 624 g/mol. The van der Waals surface area contributed by atoms with Crippen LogP contribution < -0.4 is 21.7 Å². The van der Waals surface area contributed by atoms with E-state index in [-0.39, 0.29) is 11.9 Å². The number of rotatable bonds is 31. The second kappa shape index (κ2) is 30.3. The highest BCUT2D eigenvalue weighted by atomic mass is 16.6. The smallest absolute Gasteiger partial charge is 0.314 e. The normalized spacial score (nSPS) is 21.1. The molecule has 0 radical (unpaired) electrons. The third kappa shape index (κ3) is 23.3. The molecule has 278 valence electrons. The summed E-state index contributed by atoms with van der Waals surface area (Å²) in [5.41, 5.74) is 5.32. The number of unbranched alkanes of at least 4 members (excludes halogenated alkanes) is 2. The molecule has 1 saturated heterocycles. The van der Waals surface area contributed by atoms with Crippen LogP contribution in [0.4, 0.5) is 4.79 Å². The van der Waals surface area contributed by atoms with Gasteiger partial charge in [-0.15, -0.1) is 0 Å². The van der Waals surface area contributed by atoms with Crippen LogP contribution in [0, 0.1) is 0 Å². The van der Waals surface area contributed by atoms with Gasteiger partial charge >= 0.3 is 6.03 Å². The molecule has 47 heavy (non-hydrogen) atoms. The van der Waals surface area contributed by atoms with Crippen LogP contribution >= 0.6 is 0 Å². The summed E-state index contributed by atoms with van der Waals surface area (Å²) in [5, 5.41) is 37.9. The molecule has 17 nitrogen and oxygen atoms in total. The number of aliphatic hydroxyl groups excluding tert-OH is 3. The lowest BCUT2D eigenvalue weighted by atomic mass is 9.90. The van der Waals surface area contributed by atoms with Crippen LogP contribution in [0.3, 0.4) is 0 Å². The highest BCUT2D eigenvalue weighted by Gasteiger charge is 2.44. The van der Waals surface area contributed by atoms with Crippen molar-refractivity contribution >= 4 is 11.9 Å². The standard InChI is InChI=1S/C30H60N4O13/c1-24(36)34-27-25(47-26(23-35)28(37)29(27)38)5-3-2-4-9-40-13-15-42-11-7-32-30(39)33-8-12-43-16-18-45-20-22-46-21-19-44-17-14-41-10-6-31/h25-29,35,37-38H,2-23,31H2,1H3,(H,34,36)(H2,32,33,39)/t25-,26-,27+,28+,29-/m1/s1. The van der Waals surface area contributed by atoms with Crippen molar-refractivity contribution in [3.05, 3.63) is 0 Å². The van der Waals surface area contributed by atoms with Gasteiger partial charge in [-0.1, -0.05) is 12.8 Å². The fraction of sp³-hybridized carbons (Fsp3) is 0.933. The zero-order valence-corrected chi connectivity index (χ0v) is 27.9. The predicted molar refractivity (Wildman–Crippen MR) is 170 cm³/mol. The average molecular weight is 685 g/mol. The second-order valence-corrected chi connectivity index (χ2v) is 10.7. The molecule has 1 rings (SSSR count). The van der Waals surface area contributed by atoms with Crippen LogP contribution in [-0.2, 0) is 42.7 Å². The van der Waals surface area contributed by atoms with Crippen LogP contribution in [0.2, 0.25) is 0 Å². The van der Waals surface area contributed by atoms with Gasteiger partial charge in [-0.25, -0.2) is 4.79 Å². The van der Waals surface area contributed by atoms with Crippen molar-refractivity contribution in [3.63, 3.8) is 0 Å². The van der Waals surface area contributed by atoms with E-state index in [9.17, 15) is 24.9 Å². The summed E-state index contributed by atoms with van der Waals surface area (Å²) < 4.78 is 43.6. The van der Waals surface area contributed by atoms with Gasteiger partial charge < -0.3 is 74.9 Å². The van der Waals surface area contributed by atoms with Crippen molar-refractivity contribution < 1.29 is 62.8 Å². The summed E-state index contributed by atoms with van der Waals surface area (Å²) in [5.74, 6) is -0.329. The molecule has 1 fully saturated rings. The minimum atomic E-state index is -1.27. The van der Waals surface area contributed by atoms with Crippen LogP contribution in [0.1, 0.15) is 32.6 Å². The van der Waals surface area contributed by atoms with Crippen LogP contribution in [0.15, 0.2) is 0 Å². The number of ether oxygens (including phenoxy) is 8. The topological polar surface area (TPSA) is 231 Å². The first-order valence-electron chi connectivity index (χ1n) is 16.6. The van der Waals surface area contributed by atoms with E-state index in [1.54, 1.807) is 0 Å². The molecule has 0 aromatic rings. The van der Waals surface area contributed by atoms with Gasteiger partial charge in [0.25, 0.3) is 0 Å². The van der Waals surface area contributed by atoms with Gasteiger partial charge in [0.15, 0.2) is 0 Å². The molecule has 0 unspecified atom stereocenters. The summed E-state index contributed by atoms with van der Waals surface area (Å²) in [6, 6.07) is -1.04. The molecule has 0 aromatic carbocycles. The Morgan fingerprint density at radius 2 is 1.11 bits per heavy atom. The lowest BCUT2D eigenvalue weighted by Gasteiger charge is -2.42. The van der Waals surface area contributed by atoms with Gasteiger partial charge in [0.05, 0.1) is 105 Å². The number of urea groups is 1.